The Balaban J connectivity index is 1.68. The van der Waals surface area contributed by atoms with Crippen LogP contribution in [0.5, 0.6) is 5.88 Å². The summed E-state index contributed by atoms with van der Waals surface area (Å²) >= 11 is 0. The van der Waals surface area contributed by atoms with E-state index in [1.807, 2.05) is 36.5 Å². The van der Waals surface area contributed by atoms with Crippen molar-refractivity contribution in [3.05, 3.63) is 42.7 Å². The van der Waals surface area contributed by atoms with Crippen LogP contribution in [0.15, 0.2) is 42.7 Å². The first-order valence-electron chi connectivity index (χ1n) is 7.88. The van der Waals surface area contributed by atoms with Gasteiger partial charge in [0, 0.05) is 23.2 Å². The summed E-state index contributed by atoms with van der Waals surface area (Å²) in [4.78, 5) is 15.9. The van der Waals surface area contributed by atoms with E-state index in [-0.39, 0.29) is 5.92 Å². The third-order valence-corrected chi connectivity index (χ3v) is 4.41. The van der Waals surface area contributed by atoms with E-state index in [0.717, 1.165) is 34.9 Å². The standard InChI is InChI=1S/C18H17N3O3/c1-24-16-7-5-13-8-12(4-6-15(13)20-16)14-9-19-21(10-14)17(18(22)23)11-2-3-11/h4-11,17H,2-3H2,1H3,(H,22,23). The second kappa shape index (κ2) is 5.63. The first-order chi connectivity index (χ1) is 11.7. The van der Waals surface area contributed by atoms with Gasteiger partial charge in [-0.2, -0.15) is 5.10 Å². The highest BCUT2D eigenvalue weighted by molar-refractivity contribution is 5.84. The third kappa shape index (κ3) is 2.60. The Labute approximate surface area is 138 Å². The second-order valence-corrected chi connectivity index (χ2v) is 6.09. The Hall–Kier alpha value is -2.89. The van der Waals surface area contributed by atoms with Crippen LogP contribution in [0, 0.1) is 5.92 Å². The van der Waals surface area contributed by atoms with Gasteiger partial charge in [-0.15, -0.1) is 0 Å². The van der Waals surface area contributed by atoms with Gasteiger partial charge in [-0.3, -0.25) is 4.68 Å². The number of methoxy groups -OCH3 is 1. The summed E-state index contributed by atoms with van der Waals surface area (Å²) in [5, 5.41) is 14.7. The molecule has 3 aromatic rings. The van der Waals surface area contributed by atoms with Gasteiger partial charge in [0.15, 0.2) is 6.04 Å². The number of carbonyl (C=O) groups is 1. The summed E-state index contributed by atoms with van der Waals surface area (Å²) in [6, 6.07) is 9.13. The van der Waals surface area contributed by atoms with Crippen LogP contribution in [0.3, 0.4) is 0 Å². The zero-order chi connectivity index (χ0) is 16.7. The summed E-state index contributed by atoms with van der Waals surface area (Å²) in [5.41, 5.74) is 2.74. The molecule has 1 saturated carbocycles. The van der Waals surface area contributed by atoms with Gasteiger partial charge in [0.2, 0.25) is 5.88 Å². The Morgan fingerprint density at radius 3 is 2.83 bits per heavy atom. The van der Waals surface area contributed by atoms with E-state index in [1.54, 1.807) is 18.0 Å². The molecule has 0 aliphatic heterocycles. The first-order valence-corrected chi connectivity index (χ1v) is 7.88. The van der Waals surface area contributed by atoms with Crippen molar-refractivity contribution in [3.63, 3.8) is 0 Å². The van der Waals surface area contributed by atoms with Crippen molar-refractivity contribution in [1.29, 1.82) is 0 Å². The maximum Gasteiger partial charge on any atom is 0.328 e. The third-order valence-electron chi connectivity index (χ3n) is 4.41. The van der Waals surface area contributed by atoms with Gasteiger partial charge in [0.05, 0.1) is 18.8 Å². The molecule has 2 heterocycles. The molecule has 1 fully saturated rings. The van der Waals surface area contributed by atoms with E-state index in [2.05, 4.69) is 10.1 Å². The summed E-state index contributed by atoms with van der Waals surface area (Å²) in [6.07, 6.45) is 5.44. The number of aromatic nitrogens is 3. The molecule has 1 aliphatic rings. The molecule has 2 aromatic heterocycles. The van der Waals surface area contributed by atoms with Gasteiger partial charge in [-0.1, -0.05) is 6.07 Å². The average molecular weight is 323 g/mol. The fourth-order valence-electron chi connectivity index (χ4n) is 2.98. The molecule has 1 unspecified atom stereocenters. The lowest BCUT2D eigenvalue weighted by Gasteiger charge is -2.11. The fraction of sp³-hybridized carbons (Fsp3) is 0.278. The monoisotopic (exact) mass is 323 g/mol. The number of fused-ring (bicyclic) bond motifs is 1. The highest BCUT2D eigenvalue weighted by atomic mass is 16.5. The number of ether oxygens (including phenoxy) is 1. The lowest BCUT2D eigenvalue weighted by Crippen LogP contribution is -2.21. The predicted octanol–water partition coefficient (Wildman–Crippen LogP) is 3.14. The van der Waals surface area contributed by atoms with Crippen LogP contribution in [0.25, 0.3) is 22.0 Å². The molecule has 1 N–H and O–H groups in total. The molecule has 122 valence electrons. The minimum Gasteiger partial charge on any atom is -0.481 e. The maximum absolute atomic E-state index is 11.5. The second-order valence-electron chi connectivity index (χ2n) is 6.09. The lowest BCUT2D eigenvalue weighted by molar-refractivity contribution is -0.141. The molecule has 0 saturated heterocycles. The summed E-state index contributed by atoms with van der Waals surface area (Å²) < 4.78 is 6.71. The largest absolute Gasteiger partial charge is 0.481 e. The van der Waals surface area contributed by atoms with Crippen molar-refractivity contribution in [2.24, 2.45) is 5.92 Å². The van der Waals surface area contributed by atoms with E-state index in [0.29, 0.717) is 5.88 Å². The van der Waals surface area contributed by atoms with Crippen LogP contribution >= 0.6 is 0 Å². The first kappa shape index (κ1) is 14.7. The molecule has 0 spiro atoms. The van der Waals surface area contributed by atoms with Crippen LogP contribution < -0.4 is 4.74 Å². The van der Waals surface area contributed by atoms with Gasteiger partial charge in [0.25, 0.3) is 0 Å². The van der Waals surface area contributed by atoms with E-state index >= 15 is 0 Å². The molecule has 6 heteroatoms. The number of pyridine rings is 1. The van der Waals surface area contributed by atoms with Crippen LogP contribution in [-0.4, -0.2) is 33.0 Å². The highest BCUT2D eigenvalue weighted by Gasteiger charge is 2.38. The van der Waals surface area contributed by atoms with Crippen molar-refractivity contribution >= 4 is 16.9 Å². The number of carboxylic acids is 1. The van der Waals surface area contributed by atoms with Crippen molar-refractivity contribution in [2.75, 3.05) is 7.11 Å². The normalized spacial score (nSPS) is 15.4. The van der Waals surface area contributed by atoms with Crippen molar-refractivity contribution in [3.8, 4) is 17.0 Å². The van der Waals surface area contributed by atoms with Gasteiger partial charge >= 0.3 is 5.97 Å². The molecule has 1 aromatic carbocycles. The van der Waals surface area contributed by atoms with Gasteiger partial charge in [0.1, 0.15) is 0 Å². The smallest absolute Gasteiger partial charge is 0.328 e. The van der Waals surface area contributed by atoms with Crippen LogP contribution in [0.2, 0.25) is 0 Å². The van der Waals surface area contributed by atoms with Crippen LogP contribution in [-0.2, 0) is 4.79 Å². The highest BCUT2D eigenvalue weighted by Crippen LogP contribution is 2.40. The quantitative estimate of drug-likeness (QED) is 0.780. The predicted molar refractivity (Wildman–Crippen MR) is 88.9 cm³/mol. The lowest BCUT2D eigenvalue weighted by atomic mass is 10.1. The van der Waals surface area contributed by atoms with Crippen molar-refractivity contribution in [2.45, 2.75) is 18.9 Å². The van der Waals surface area contributed by atoms with Gasteiger partial charge in [-0.05, 0) is 42.5 Å². The zero-order valence-corrected chi connectivity index (χ0v) is 13.2. The topological polar surface area (TPSA) is 77.2 Å². The zero-order valence-electron chi connectivity index (χ0n) is 13.2. The number of rotatable bonds is 5. The number of aliphatic carboxylic acids is 1. The summed E-state index contributed by atoms with van der Waals surface area (Å²) in [7, 11) is 1.59. The minimum atomic E-state index is -0.818. The summed E-state index contributed by atoms with van der Waals surface area (Å²) in [6.45, 7) is 0. The molecule has 0 bridgehead atoms. The maximum atomic E-state index is 11.5. The van der Waals surface area contributed by atoms with Gasteiger partial charge in [-0.25, -0.2) is 9.78 Å². The molecular formula is C18H17N3O3. The SMILES string of the molecule is COc1ccc2cc(-c3cnn(C(C(=O)O)C4CC4)c3)ccc2n1. The number of hydrogen-bond donors (Lipinski definition) is 1. The van der Waals surface area contributed by atoms with Gasteiger partial charge < -0.3 is 9.84 Å². The molecule has 24 heavy (non-hydrogen) atoms. The number of hydrogen-bond acceptors (Lipinski definition) is 4. The number of benzene rings is 1. The molecular weight excluding hydrogens is 306 g/mol. The minimum absolute atomic E-state index is 0.198. The number of nitrogens with zero attached hydrogens (tertiary/aromatic N) is 3. The molecule has 1 aliphatic carbocycles. The van der Waals surface area contributed by atoms with Crippen molar-refractivity contribution < 1.29 is 14.6 Å². The molecule has 4 rings (SSSR count). The Bertz CT molecular complexity index is 915. The Morgan fingerprint density at radius 1 is 1.29 bits per heavy atom. The van der Waals surface area contributed by atoms with Crippen LogP contribution in [0.4, 0.5) is 0 Å². The summed E-state index contributed by atoms with van der Waals surface area (Å²) in [5.74, 6) is -0.0396. The van der Waals surface area contributed by atoms with E-state index < -0.39 is 12.0 Å². The van der Waals surface area contributed by atoms with Crippen molar-refractivity contribution in [1.82, 2.24) is 14.8 Å². The van der Waals surface area contributed by atoms with E-state index in [9.17, 15) is 9.90 Å². The van der Waals surface area contributed by atoms with E-state index in [1.165, 1.54) is 0 Å². The Morgan fingerprint density at radius 2 is 2.12 bits per heavy atom. The molecule has 0 radical (unpaired) electrons. The average Bonchev–Trinajstić information content (AvgIpc) is 3.30. The molecule has 6 nitrogen and oxygen atoms in total. The van der Waals surface area contributed by atoms with E-state index in [4.69, 9.17) is 4.74 Å². The fourth-order valence-corrected chi connectivity index (χ4v) is 2.98. The number of carboxylic acid groups (broad SMARTS) is 1. The molecule has 1 atom stereocenters. The molecule has 0 amide bonds. The van der Waals surface area contributed by atoms with Crippen LogP contribution in [0.1, 0.15) is 18.9 Å². The Kier molecular flexibility index (Phi) is 3.45.